The van der Waals surface area contributed by atoms with E-state index in [1.54, 1.807) is 0 Å². The molecule has 0 amide bonds. The van der Waals surface area contributed by atoms with Crippen LogP contribution < -0.4 is 0 Å². The second-order valence-electron chi connectivity index (χ2n) is 5.40. The Bertz CT molecular complexity index is 726. The monoisotopic (exact) mass is 338 g/mol. The summed E-state index contributed by atoms with van der Waals surface area (Å²) in [5, 5.41) is 33.3. The van der Waals surface area contributed by atoms with E-state index in [1.807, 2.05) is 24.3 Å². The van der Waals surface area contributed by atoms with Crippen molar-refractivity contribution in [3.8, 4) is 11.5 Å². The largest absolute Gasteiger partial charge is 0.409 e. The fourth-order valence-corrected chi connectivity index (χ4v) is 2.75. The van der Waals surface area contributed by atoms with E-state index < -0.39 is 31.1 Å². The van der Waals surface area contributed by atoms with Gasteiger partial charge in [-0.2, -0.15) is 4.68 Å². The number of hydrogen-bond donors (Lipinski definition) is 3. The maximum absolute atomic E-state index is 10.1. The Balaban J connectivity index is 1.90. The highest BCUT2D eigenvalue weighted by Gasteiger charge is 2.44. The van der Waals surface area contributed by atoms with E-state index in [0.717, 1.165) is 12.0 Å². The summed E-state index contributed by atoms with van der Waals surface area (Å²) in [5.41, 5.74) is 1.94. The van der Waals surface area contributed by atoms with Gasteiger partial charge in [0.15, 0.2) is 6.23 Å². The maximum atomic E-state index is 10.1. The first kappa shape index (κ1) is 16.3. The third-order valence-corrected chi connectivity index (χ3v) is 4.21. The molecule has 3 rings (SSSR count). The van der Waals surface area contributed by atoms with Crippen molar-refractivity contribution in [3.63, 3.8) is 0 Å². The molecule has 23 heavy (non-hydrogen) atoms. The molecule has 0 spiro atoms. The highest BCUT2D eigenvalue weighted by Crippen LogP contribution is 2.30. The van der Waals surface area contributed by atoms with Crippen LogP contribution in [0.2, 0.25) is 0 Å². The Hall–Kier alpha value is -1.58. The van der Waals surface area contributed by atoms with Gasteiger partial charge in [-0.05, 0) is 36.3 Å². The number of benzene rings is 1. The quantitative estimate of drug-likeness (QED) is 0.716. The Labute approximate surface area is 137 Å². The first-order valence-corrected chi connectivity index (χ1v) is 7.77. The van der Waals surface area contributed by atoms with Crippen LogP contribution in [0.5, 0.6) is 0 Å². The van der Waals surface area contributed by atoms with E-state index in [1.165, 1.54) is 10.2 Å². The molecule has 124 valence electrons. The van der Waals surface area contributed by atoms with Gasteiger partial charge in [-0.25, -0.2) is 0 Å². The summed E-state index contributed by atoms with van der Waals surface area (Å²) in [5.74, 6) is 0.301. The van der Waals surface area contributed by atoms with Gasteiger partial charge in [-0.15, -0.1) is 5.10 Å². The van der Waals surface area contributed by atoms with Crippen LogP contribution >= 0.6 is 12.2 Å². The van der Waals surface area contributed by atoms with E-state index in [-0.39, 0.29) is 4.84 Å². The molecule has 1 aliphatic rings. The van der Waals surface area contributed by atoms with Crippen LogP contribution in [-0.2, 0) is 11.2 Å². The summed E-state index contributed by atoms with van der Waals surface area (Å²) in [7, 11) is 0. The molecule has 7 nitrogen and oxygen atoms in total. The zero-order valence-corrected chi connectivity index (χ0v) is 13.3. The molecule has 0 bridgehead atoms. The summed E-state index contributed by atoms with van der Waals surface area (Å²) < 4.78 is 12.1. The molecular formula is C15H18N2O5S. The lowest BCUT2D eigenvalue weighted by Gasteiger charge is -2.13. The van der Waals surface area contributed by atoms with Crippen LogP contribution in [0.15, 0.2) is 28.7 Å². The molecule has 0 radical (unpaired) electrons. The number of hydrogen-bond acceptors (Lipinski definition) is 7. The number of ether oxygens (including phenoxy) is 1. The van der Waals surface area contributed by atoms with Crippen molar-refractivity contribution in [2.45, 2.75) is 37.9 Å². The van der Waals surface area contributed by atoms with Crippen molar-refractivity contribution in [2.75, 3.05) is 6.61 Å². The second-order valence-corrected chi connectivity index (χ2v) is 5.75. The normalized spacial score (nSPS) is 27.5. The van der Waals surface area contributed by atoms with E-state index in [9.17, 15) is 10.2 Å². The highest BCUT2D eigenvalue weighted by atomic mass is 32.1. The number of aryl methyl sites for hydroxylation is 1. The summed E-state index contributed by atoms with van der Waals surface area (Å²) in [6.45, 7) is 1.66. The van der Waals surface area contributed by atoms with E-state index >= 15 is 0 Å². The Morgan fingerprint density at radius 2 is 1.91 bits per heavy atom. The smallest absolute Gasteiger partial charge is 0.289 e. The zero-order valence-electron chi connectivity index (χ0n) is 12.5. The van der Waals surface area contributed by atoms with Crippen LogP contribution in [0, 0.1) is 4.84 Å². The van der Waals surface area contributed by atoms with Gasteiger partial charge in [0, 0.05) is 5.56 Å². The molecule has 1 aromatic heterocycles. The predicted octanol–water partition coefficient (Wildman–Crippen LogP) is 1.05. The van der Waals surface area contributed by atoms with Gasteiger partial charge in [0.25, 0.3) is 4.84 Å². The van der Waals surface area contributed by atoms with Crippen molar-refractivity contribution >= 4 is 12.2 Å². The zero-order chi connectivity index (χ0) is 16.6. The summed E-state index contributed by atoms with van der Waals surface area (Å²) in [6.07, 6.45) is -3.42. The minimum Gasteiger partial charge on any atom is -0.409 e. The Morgan fingerprint density at radius 1 is 1.22 bits per heavy atom. The van der Waals surface area contributed by atoms with Gasteiger partial charge in [0.1, 0.15) is 18.3 Å². The molecule has 0 aliphatic carbocycles. The second kappa shape index (κ2) is 6.50. The molecule has 4 atom stereocenters. The summed E-state index contributed by atoms with van der Waals surface area (Å²) in [6, 6.07) is 7.70. The lowest BCUT2D eigenvalue weighted by molar-refractivity contribution is -0.0602. The maximum Gasteiger partial charge on any atom is 0.289 e. The summed E-state index contributed by atoms with van der Waals surface area (Å²) >= 11 is 5.12. The first-order valence-electron chi connectivity index (χ1n) is 7.36. The summed E-state index contributed by atoms with van der Waals surface area (Å²) in [4.78, 5) is 0.0226. The fourth-order valence-electron chi connectivity index (χ4n) is 2.53. The van der Waals surface area contributed by atoms with Crippen LogP contribution in [0.1, 0.15) is 18.7 Å². The van der Waals surface area contributed by atoms with Gasteiger partial charge >= 0.3 is 0 Å². The van der Waals surface area contributed by atoms with E-state index in [4.69, 9.17) is 26.5 Å². The van der Waals surface area contributed by atoms with Crippen molar-refractivity contribution in [2.24, 2.45) is 0 Å². The highest BCUT2D eigenvalue weighted by molar-refractivity contribution is 7.71. The SMILES string of the molecule is CCc1ccc(-c2nn(C3OC(CO)C(O)C3O)c(=S)o2)cc1. The van der Waals surface area contributed by atoms with Crippen LogP contribution in [-0.4, -0.2) is 50.0 Å². The van der Waals surface area contributed by atoms with Gasteiger partial charge in [0.05, 0.1) is 6.61 Å². The standard InChI is InChI=1S/C15H18N2O5S/c1-2-8-3-5-9(6-4-8)13-16-17(15(23)22-13)14-12(20)11(19)10(7-18)21-14/h3-6,10-12,14,18-20H,2,7H2,1H3. The van der Waals surface area contributed by atoms with Crippen LogP contribution in [0.25, 0.3) is 11.5 Å². The number of nitrogens with zero attached hydrogens (tertiary/aromatic N) is 2. The number of aromatic nitrogens is 2. The van der Waals surface area contributed by atoms with E-state index in [0.29, 0.717) is 5.89 Å². The lowest BCUT2D eigenvalue weighted by Crippen LogP contribution is -2.33. The number of aliphatic hydroxyl groups excluding tert-OH is 3. The predicted molar refractivity (Wildman–Crippen MR) is 83.2 cm³/mol. The molecule has 1 fully saturated rings. The molecule has 4 unspecified atom stereocenters. The van der Waals surface area contributed by atoms with Crippen LogP contribution in [0.3, 0.4) is 0 Å². The van der Waals surface area contributed by atoms with Gasteiger partial charge in [-0.3, -0.25) is 0 Å². The van der Waals surface area contributed by atoms with Gasteiger partial charge in [-0.1, -0.05) is 19.1 Å². The van der Waals surface area contributed by atoms with Crippen molar-refractivity contribution < 1.29 is 24.5 Å². The molecule has 8 heteroatoms. The minimum atomic E-state index is -1.25. The van der Waals surface area contributed by atoms with Crippen LogP contribution in [0.4, 0.5) is 0 Å². The topological polar surface area (TPSA) is 101 Å². The molecular weight excluding hydrogens is 320 g/mol. The van der Waals surface area contributed by atoms with Crippen molar-refractivity contribution in [1.82, 2.24) is 9.78 Å². The van der Waals surface area contributed by atoms with Crippen molar-refractivity contribution in [3.05, 3.63) is 34.7 Å². The average molecular weight is 338 g/mol. The van der Waals surface area contributed by atoms with Gasteiger partial charge in [0.2, 0.25) is 5.89 Å². The number of rotatable bonds is 4. The average Bonchev–Trinajstić information content (AvgIpc) is 3.08. The Kier molecular flexibility index (Phi) is 4.60. The number of aliphatic hydroxyl groups is 3. The molecule has 2 heterocycles. The van der Waals surface area contributed by atoms with Crippen molar-refractivity contribution in [1.29, 1.82) is 0 Å². The third kappa shape index (κ3) is 2.96. The molecule has 3 N–H and O–H groups in total. The third-order valence-electron chi connectivity index (χ3n) is 3.94. The molecule has 2 aromatic rings. The minimum absolute atomic E-state index is 0.0226. The van der Waals surface area contributed by atoms with Gasteiger partial charge < -0.3 is 24.5 Å². The molecule has 0 saturated carbocycles. The lowest BCUT2D eigenvalue weighted by atomic mass is 10.1. The molecule has 1 aliphatic heterocycles. The molecule has 1 saturated heterocycles. The first-order chi connectivity index (χ1) is 11.0. The fraction of sp³-hybridized carbons (Fsp3) is 0.467. The van der Waals surface area contributed by atoms with E-state index in [2.05, 4.69) is 12.0 Å². The molecule has 1 aromatic carbocycles. The Morgan fingerprint density at radius 3 is 2.48 bits per heavy atom.